The van der Waals surface area contributed by atoms with Crippen molar-refractivity contribution < 1.29 is 9.90 Å². The molecule has 0 saturated heterocycles. The number of hydrogen-bond donors (Lipinski definition) is 1. The van der Waals surface area contributed by atoms with Crippen molar-refractivity contribution in [3.63, 3.8) is 0 Å². The van der Waals surface area contributed by atoms with E-state index in [0.717, 1.165) is 30.6 Å². The molecule has 0 spiro atoms. The Balaban J connectivity index is 1.71. The minimum absolute atomic E-state index is 0.0516. The van der Waals surface area contributed by atoms with Gasteiger partial charge >= 0.3 is 0 Å². The predicted molar refractivity (Wildman–Crippen MR) is 87.3 cm³/mol. The number of fused-ring (bicyclic) bond motifs is 5. The number of ketones is 1. The predicted octanol–water partition coefficient (Wildman–Crippen LogP) is 4.13. The van der Waals surface area contributed by atoms with Gasteiger partial charge in [-0.3, -0.25) is 4.79 Å². The van der Waals surface area contributed by atoms with Gasteiger partial charge in [-0.15, -0.1) is 0 Å². The zero-order valence-corrected chi connectivity index (χ0v) is 14.1. The van der Waals surface area contributed by atoms with Crippen molar-refractivity contribution in [3.8, 4) is 0 Å². The number of rotatable bonds is 1. The fraction of sp³-hybridized carbons (Fsp3) is 0.850. The van der Waals surface area contributed by atoms with Crippen molar-refractivity contribution in [1.82, 2.24) is 0 Å². The molecule has 0 aromatic rings. The Labute approximate surface area is 134 Å². The summed E-state index contributed by atoms with van der Waals surface area (Å²) in [7, 11) is 0. The van der Waals surface area contributed by atoms with Crippen molar-refractivity contribution in [2.45, 2.75) is 65.2 Å². The van der Waals surface area contributed by atoms with E-state index in [-0.39, 0.29) is 17.8 Å². The number of hydrogen-bond acceptors (Lipinski definition) is 2. The van der Waals surface area contributed by atoms with Crippen LogP contribution in [0.4, 0.5) is 0 Å². The van der Waals surface area contributed by atoms with Crippen LogP contribution in [0.25, 0.3) is 0 Å². The van der Waals surface area contributed by atoms with E-state index in [4.69, 9.17) is 0 Å². The molecule has 4 unspecified atom stereocenters. The van der Waals surface area contributed by atoms with Crippen LogP contribution in [0.3, 0.4) is 0 Å². The zero-order valence-electron chi connectivity index (χ0n) is 14.1. The Morgan fingerprint density at radius 2 is 1.95 bits per heavy atom. The smallest absolute Gasteiger partial charge is 0.155 e. The summed E-state index contributed by atoms with van der Waals surface area (Å²) in [6.07, 6.45) is 11.1. The molecule has 22 heavy (non-hydrogen) atoms. The summed E-state index contributed by atoms with van der Waals surface area (Å²) in [5.41, 5.74) is 1.77. The lowest BCUT2D eigenvalue weighted by atomic mass is 9.46. The van der Waals surface area contributed by atoms with Crippen molar-refractivity contribution >= 4 is 5.78 Å². The lowest BCUT2D eigenvalue weighted by Gasteiger charge is -2.58. The maximum Gasteiger partial charge on any atom is 0.155 e. The van der Waals surface area contributed by atoms with Gasteiger partial charge < -0.3 is 5.11 Å². The van der Waals surface area contributed by atoms with Gasteiger partial charge in [0.05, 0.1) is 6.61 Å². The highest BCUT2D eigenvalue weighted by molar-refractivity contribution is 5.91. The van der Waals surface area contributed by atoms with Gasteiger partial charge in [0, 0.05) is 11.8 Å². The highest BCUT2D eigenvalue weighted by atomic mass is 16.3. The summed E-state index contributed by atoms with van der Waals surface area (Å²) < 4.78 is 0. The second-order valence-electron chi connectivity index (χ2n) is 8.89. The third-order valence-corrected chi connectivity index (χ3v) is 8.44. The van der Waals surface area contributed by atoms with Crippen LogP contribution >= 0.6 is 0 Å². The molecule has 122 valence electrons. The van der Waals surface area contributed by atoms with Crippen LogP contribution in [0, 0.1) is 34.5 Å². The Bertz CT molecular complexity index is 522. The first-order chi connectivity index (χ1) is 10.5. The molecule has 4 aliphatic rings. The lowest BCUT2D eigenvalue weighted by molar-refractivity contribution is -0.119. The number of aliphatic hydroxyl groups is 1. The van der Waals surface area contributed by atoms with E-state index in [1.807, 2.05) is 6.08 Å². The molecule has 0 aliphatic heterocycles. The van der Waals surface area contributed by atoms with E-state index in [2.05, 4.69) is 13.8 Å². The van der Waals surface area contributed by atoms with E-state index in [9.17, 15) is 9.90 Å². The number of carbonyl (C=O) groups excluding carboxylic acids is 1. The average Bonchev–Trinajstić information content (AvgIpc) is 2.82. The van der Waals surface area contributed by atoms with Gasteiger partial charge in [-0.05, 0) is 80.1 Å². The maximum absolute atomic E-state index is 11.9. The summed E-state index contributed by atoms with van der Waals surface area (Å²) in [4.78, 5) is 11.9. The van der Waals surface area contributed by atoms with Crippen LogP contribution in [0.15, 0.2) is 11.6 Å². The third kappa shape index (κ3) is 1.79. The molecule has 3 saturated carbocycles. The normalized spacial score (nSPS) is 50.9. The molecule has 6 atom stereocenters. The second-order valence-corrected chi connectivity index (χ2v) is 8.89. The molecular weight excluding hydrogens is 272 g/mol. The van der Waals surface area contributed by atoms with Crippen LogP contribution in [-0.4, -0.2) is 17.5 Å². The van der Waals surface area contributed by atoms with Gasteiger partial charge in [-0.25, -0.2) is 0 Å². The van der Waals surface area contributed by atoms with Gasteiger partial charge in [-0.2, -0.15) is 0 Å². The molecule has 3 fully saturated rings. The fourth-order valence-corrected chi connectivity index (χ4v) is 6.92. The van der Waals surface area contributed by atoms with Crippen molar-refractivity contribution in [3.05, 3.63) is 11.6 Å². The highest BCUT2D eigenvalue weighted by Crippen LogP contribution is 2.66. The molecule has 0 heterocycles. The molecule has 0 bridgehead atoms. The molecule has 0 aromatic heterocycles. The van der Waals surface area contributed by atoms with E-state index >= 15 is 0 Å². The molecular formula is C20H30O2. The monoisotopic (exact) mass is 302 g/mol. The van der Waals surface area contributed by atoms with Crippen molar-refractivity contribution in [1.29, 1.82) is 0 Å². The molecule has 2 nitrogen and oxygen atoms in total. The Hall–Kier alpha value is -0.630. The first-order valence-electron chi connectivity index (χ1n) is 9.36. The van der Waals surface area contributed by atoms with Crippen molar-refractivity contribution in [2.24, 2.45) is 34.5 Å². The van der Waals surface area contributed by atoms with Crippen LogP contribution in [0.2, 0.25) is 0 Å². The molecule has 0 aromatic carbocycles. The van der Waals surface area contributed by atoms with E-state index in [0.29, 0.717) is 17.8 Å². The van der Waals surface area contributed by atoms with Gasteiger partial charge in [0.2, 0.25) is 0 Å². The molecule has 1 N–H and O–H groups in total. The summed E-state index contributed by atoms with van der Waals surface area (Å²) in [5, 5.41) is 10.3. The molecule has 4 rings (SSSR count). The average molecular weight is 302 g/mol. The quantitative estimate of drug-likeness (QED) is 0.791. The SMILES string of the molecule is CC1CCC2C3CCC4=CC(=O)CC[C@]4(CO)C3CC[C@]12C. The fourth-order valence-electron chi connectivity index (χ4n) is 6.92. The summed E-state index contributed by atoms with van der Waals surface area (Å²) in [6, 6.07) is 0. The van der Waals surface area contributed by atoms with Gasteiger partial charge in [0.25, 0.3) is 0 Å². The van der Waals surface area contributed by atoms with Crippen LogP contribution < -0.4 is 0 Å². The number of aliphatic hydroxyl groups excluding tert-OH is 1. The Kier molecular flexibility index (Phi) is 3.35. The first kappa shape index (κ1) is 14.9. The standard InChI is InChI=1S/C20H30O2/c1-13-3-6-17-16-5-4-14-11-15(22)7-10-20(14,12-21)18(16)8-9-19(13,17)2/h11,13,16-18,21H,3-10,12H2,1-2H3/t13?,16?,17?,18?,19-,20-/m1/s1. The van der Waals surface area contributed by atoms with Gasteiger partial charge in [0.15, 0.2) is 5.78 Å². The summed E-state index contributed by atoms with van der Waals surface area (Å²) >= 11 is 0. The maximum atomic E-state index is 11.9. The topological polar surface area (TPSA) is 37.3 Å². The highest BCUT2D eigenvalue weighted by Gasteiger charge is 2.59. The Morgan fingerprint density at radius 3 is 2.73 bits per heavy atom. The summed E-state index contributed by atoms with van der Waals surface area (Å²) in [6.45, 7) is 5.24. The van der Waals surface area contributed by atoms with E-state index in [1.54, 1.807) is 0 Å². The van der Waals surface area contributed by atoms with E-state index in [1.165, 1.54) is 37.7 Å². The Morgan fingerprint density at radius 1 is 1.14 bits per heavy atom. The summed E-state index contributed by atoms with van der Waals surface area (Å²) in [5.74, 6) is 3.39. The minimum Gasteiger partial charge on any atom is -0.395 e. The zero-order chi connectivity index (χ0) is 15.5. The van der Waals surface area contributed by atoms with Crippen molar-refractivity contribution in [2.75, 3.05) is 6.61 Å². The first-order valence-corrected chi connectivity index (χ1v) is 9.36. The van der Waals surface area contributed by atoms with Crippen LogP contribution in [0.5, 0.6) is 0 Å². The van der Waals surface area contributed by atoms with Crippen LogP contribution in [0.1, 0.15) is 65.2 Å². The lowest BCUT2D eigenvalue weighted by Crippen LogP contribution is -2.52. The third-order valence-electron chi connectivity index (χ3n) is 8.44. The molecule has 0 radical (unpaired) electrons. The molecule has 4 aliphatic carbocycles. The van der Waals surface area contributed by atoms with E-state index < -0.39 is 0 Å². The van der Waals surface area contributed by atoms with Gasteiger partial charge in [0.1, 0.15) is 0 Å². The van der Waals surface area contributed by atoms with Crippen LogP contribution in [-0.2, 0) is 4.79 Å². The van der Waals surface area contributed by atoms with Gasteiger partial charge in [-0.1, -0.05) is 19.4 Å². The number of carbonyl (C=O) groups is 1. The second kappa shape index (κ2) is 4.93. The molecule has 0 amide bonds. The minimum atomic E-state index is -0.0516. The largest absolute Gasteiger partial charge is 0.395 e. The molecule has 2 heteroatoms.